The van der Waals surface area contributed by atoms with Crippen LogP contribution in [0.25, 0.3) is 0 Å². The van der Waals surface area contributed by atoms with Gasteiger partial charge in [0.1, 0.15) is 0 Å². The fourth-order valence-corrected chi connectivity index (χ4v) is 3.45. The average molecular weight is 290 g/mol. The van der Waals surface area contributed by atoms with Crippen molar-refractivity contribution in [1.29, 1.82) is 0 Å². The largest absolute Gasteiger partial charge is 0.494 e. The molecule has 1 aliphatic heterocycles. The van der Waals surface area contributed by atoms with E-state index < -0.39 is 5.60 Å². The van der Waals surface area contributed by atoms with Gasteiger partial charge in [-0.1, -0.05) is 25.8 Å². The molecular weight excluding hydrogens is 268 g/mol. The van der Waals surface area contributed by atoms with Gasteiger partial charge in [0.15, 0.2) is 11.4 Å². The van der Waals surface area contributed by atoms with Crippen LogP contribution in [0.5, 0.6) is 0 Å². The molecule has 1 heterocycles. The Morgan fingerprint density at radius 1 is 1.29 bits per heavy atom. The minimum atomic E-state index is -0.558. The molecule has 1 atom stereocenters. The van der Waals surface area contributed by atoms with Gasteiger partial charge in [-0.2, -0.15) is 0 Å². The third kappa shape index (κ3) is 2.04. The lowest BCUT2D eigenvalue weighted by atomic mass is 9.84. The van der Waals surface area contributed by atoms with E-state index in [2.05, 4.69) is 13.0 Å². The van der Waals surface area contributed by atoms with Crippen molar-refractivity contribution in [3.63, 3.8) is 0 Å². The average Bonchev–Trinajstić information content (AvgIpc) is 3.15. The van der Waals surface area contributed by atoms with E-state index in [1.165, 1.54) is 25.5 Å². The first-order valence-electron chi connectivity index (χ1n) is 7.64. The maximum atomic E-state index is 12.6. The van der Waals surface area contributed by atoms with Crippen molar-refractivity contribution in [2.24, 2.45) is 0 Å². The first kappa shape index (κ1) is 14.4. The Bertz CT molecular complexity index is 561. The molecule has 2 aliphatic carbocycles. The Morgan fingerprint density at radius 2 is 2.05 bits per heavy atom. The monoisotopic (exact) mass is 290 g/mol. The summed E-state index contributed by atoms with van der Waals surface area (Å²) in [4.78, 5) is 12.6. The molecular formula is C17H22O4. The van der Waals surface area contributed by atoms with Crippen LogP contribution < -0.4 is 0 Å². The summed E-state index contributed by atoms with van der Waals surface area (Å²) in [6.07, 6.45) is 7.36. The number of rotatable bonds is 5. The van der Waals surface area contributed by atoms with Gasteiger partial charge in [-0.15, -0.1) is 0 Å². The van der Waals surface area contributed by atoms with Gasteiger partial charge >= 0.3 is 0 Å². The van der Waals surface area contributed by atoms with Crippen molar-refractivity contribution < 1.29 is 19.0 Å². The number of allylic oxidation sites excluding steroid dienone is 2. The minimum absolute atomic E-state index is 0.0376. The summed E-state index contributed by atoms with van der Waals surface area (Å²) in [7, 11) is 3.09. The Labute approximate surface area is 125 Å². The van der Waals surface area contributed by atoms with E-state index >= 15 is 0 Å². The lowest BCUT2D eigenvalue weighted by Crippen LogP contribution is -2.31. The van der Waals surface area contributed by atoms with Gasteiger partial charge in [0.25, 0.3) is 0 Å². The van der Waals surface area contributed by atoms with E-state index in [4.69, 9.17) is 14.2 Å². The zero-order valence-electron chi connectivity index (χ0n) is 13.0. The number of methoxy groups -OCH3 is 2. The van der Waals surface area contributed by atoms with Crippen molar-refractivity contribution in [1.82, 2.24) is 0 Å². The van der Waals surface area contributed by atoms with Gasteiger partial charge in [-0.05, 0) is 24.8 Å². The molecule has 1 fully saturated rings. The number of ketones is 1. The number of unbranched alkanes of at least 4 members (excludes halogenated alkanes) is 2. The summed E-state index contributed by atoms with van der Waals surface area (Å²) in [5.74, 6) is 0.810. The molecule has 4 nitrogen and oxygen atoms in total. The number of Topliss-reactive ketones (excluding diaryl/α,β-unsaturated/α-hetero) is 1. The van der Waals surface area contributed by atoms with E-state index in [1.54, 1.807) is 7.11 Å². The summed E-state index contributed by atoms with van der Waals surface area (Å²) in [5, 5.41) is 0. The smallest absolute Gasteiger partial charge is 0.227 e. The summed E-state index contributed by atoms with van der Waals surface area (Å²) in [6.45, 7) is 2.75. The van der Waals surface area contributed by atoms with Gasteiger partial charge in [0.05, 0.1) is 20.8 Å². The van der Waals surface area contributed by atoms with Gasteiger partial charge in [0.2, 0.25) is 11.5 Å². The number of carbonyl (C=O) groups is 1. The molecule has 0 radical (unpaired) electrons. The fraction of sp³-hybridized carbons (Fsp3) is 0.588. The second-order valence-corrected chi connectivity index (χ2v) is 5.74. The Balaban J connectivity index is 2.01. The zero-order chi connectivity index (χ0) is 15.0. The van der Waals surface area contributed by atoms with Crippen LogP contribution in [0.15, 0.2) is 34.3 Å². The second-order valence-electron chi connectivity index (χ2n) is 5.74. The number of hydrogen-bond acceptors (Lipinski definition) is 4. The standard InChI is InChI=1S/C17H22O4/c1-4-5-6-7-11-8-9-12-13(11)17(10-21-17)16(20-3)15(19-2)14(12)18/h7H,4-6,8-10H2,1-3H3/b11-7+. The van der Waals surface area contributed by atoms with Crippen molar-refractivity contribution >= 4 is 5.78 Å². The number of ether oxygens (including phenoxy) is 3. The molecule has 0 aromatic heterocycles. The first-order valence-corrected chi connectivity index (χ1v) is 7.64. The van der Waals surface area contributed by atoms with Crippen LogP contribution >= 0.6 is 0 Å². The predicted octanol–water partition coefficient (Wildman–Crippen LogP) is 3.05. The normalized spacial score (nSPS) is 29.5. The number of epoxide rings is 1. The summed E-state index contributed by atoms with van der Waals surface area (Å²) >= 11 is 0. The quantitative estimate of drug-likeness (QED) is 0.577. The third-order valence-electron chi connectivity index (χ3n) is 4.51. The number of carbonyl (C=O) groups excluding carboxylic acids is 1. The van der Waals surface area contributed by atoms with E-state index in [0.29, 0.717) is 18.1 Å². The lowest BCUT2D eigenvalue weighted by Gasteiger charge is -2.26. The molecule has 4 heteroatoms. The molecule has 0 amide bonds. The minimum Gasteiger partial charge on any atom is -0.494 e. The van der Waals surface area contributed by atoms with Crippen LogP contribution in [0.4, 0.5) is 0 Å². The Hall–Kier alpha value is -1.55. The van der Waals surface area contributed by atoms with Crippen LogP contribution in [-0.4, -0.2) is 32.2 Å². The molecule has 1 unspecified atom stereocenters. The molecule has 0 aromatic rings. The number of hydrogen-bond donors (Lipinski definition) is 0. The highest BCUT2D eigenvalue weighted by Gasteiger charge is 2.61. The molecule has 0 saturated carbocycles. The molecule has 0 aromatic carbocycles. The molecule has 1 spiro atoms. The maximum Gasteiger partial charge on any atom is 0.227 e. The SMILES string of the molecule is CCCC/C=C1\CCC2=C1C1(CO1)C(OC)=C(OC)C2=O. The second kappa shape index (κ2) is 5.34. The maximum absolute atomic E-state index is 12.6. The van der Waals surface area contributed by atoms with Gasteiger partial charge in [-0.25, -0.2) is 0 Å². The topological polar surface area (TPSA) is 48.1 Å². The predicted molar refractivity (Wildman–Crippen MR) is 78.6 cm³/mol. The Morgan fingerprint density at radius 3 is 2.62 bits per heavy atom. The first-order chi connectivity index (χ1) is 10.2. The van der Waals surface area contributed by atoms with Crippen molar-refractivity contribution in [2.45, 2.75) is 44.6 Å². The van der Waals surface area contributed by atoms with Gasteiger partial charge in [0, 0.05) is 11.1 Å². The molecule has 114 valence electrons. The lowest BCUT2D eigenvalue weighted by molar-refractivity contribution is -0.116. The summed E-state index contributed by atoms with van der Waals surface area (Å²) < 4.78 is 16.5. The molecule has 3 aliphatic rings. The third-order valence-corrected chi connectivity index (χ3v) is 4.51. The van der Waals surface area contributed by atoms with Crippen molar-refractivity contribution in [2.75, 3.05) is 20.8 Å². The van der Waals surface area contributed by atoms with Crippen LogP contribution in [-0.2, 0) is 19.0 Å². The highest BCUT2D eigenvalue weighted by atomic mass is 16.6. The van der Waals surface area contributed by atoms with Crippen LogP contribution in [0.2, 0.25) is 0 Å². The zero-order valence-corrected chi connectivity index (χ0v) is 13.0. The van der Waals surface area contributed by atoms with Crippen molar-refractivity contribution in [3.8, 4) is 0 Å². The molecule has 21 heavy (non-hydrogen) atoms. The Kier molecular flexibility index (Phi) is 3.66. The van der Waals surface area contributed by atoms with Crippen molar-refractivity contribution in [3.05, 3.63) is 34.3 Å². The molecule has 1 saturated heterocycles. The highest BCUT2D eigenvalue weighted by molar-refractivity contribution is 6.11. The number of fused-ring (bicyclic) bond motifs is 1. The molecule has 3 rings (SSSR count). The van der Waals surface area contributed by atoms with E-state index in [0.717, 1.165) is 30.4 Å². The van der Waals surface area contributed by atoms with E-state index in [9.17, 15) is 4.79 Å². The summed E-state index contributed by atoms with van der Waals surface area (Å²) in [5.41, 5.74) is 2.61. The van der Waals surface area contributed by atoms with Gasteiger partial charge in [-0.3, -0.25) is 4.79 Å². The highest BCUT2D eigenvalue weighted by Crippen LogP contribution is 2.55. The van der Waals surface area contributed by atoms with Gasteiger partial charge < -0.3 is 14.2 Å². The van der Waals surface area contributed by atoms with Crippen LogP contribution in [0.1, 0.15) is 39.0 Å². The van der Waals surface area contributed by atoms with E-state index in [1.807, 2.05) is 0 Å². The molecule has 0 N–H and O–H groups in total. The van der Waals surface area contributed by atoms with Crippen LogP contribution in [0.3, 0.4) is 0 Å². The molecule has 0 bridgehead atoms. The summed E-state index contributed by atoms with van der Waals surface area (Å²) in [6, 6.07) is 0. The van der Waals surface area contributed by atoms with E-state index in [-0.39, 0.29) is 5.78 Å². The fourth-order valence-electron chi connectivity index (χ4n) is 3.45. The van der Waals surface area contributed by atoms with Crippen LogP contribution in [0, 0.1) is 0 Å².